The third-order valence-corrected chi connectivity index (χ3v) is 5.38. The topological polar surface area (TPSA) is 36.0 Å². The highest BCUT2D eigenvalue weighted by molar-refractivity contribution is 6.20. The van der Waals surface area contributed by atoms with Gasteiger partial charge >= 0.3 is 0 Å². The van der Waals surface area contributed by atoms with E-state index in [-0.39, 0.29) is 0 Å². The van der Waals surface area contributed by atoms with Crippen LogP contribution in [0.5, 0.6) is 0 Å². The lowest BCUT2D eigenvalue weighted by molar-refractivity contribution is 0.0792. The average Bonchev–Trinajstić information content (AvgIpc) is 3.03. The fourth-order valence-corrected chi connectivity index (χ4v) is 4.17. The summed E-state index contributed by atoms with van der Waals surface area (Å²) < 4.78 is 0. The van der Waals surface area contributed by atoms with Crippen molar-refractivity contribution in [2.75, 3.05) is 0 Å². The van der Waals surface area contributed by atoms with Gasteiger partial charge in [0.1, 0.15) is 0 Å². The number of para-hydroxylation sites is 1. The first kappa shape index (κ1) is 16.1. The Labute approximate surface area is 158 Å². The minimum absolute atomic E-state index is 0.925. The number of fused-ring (bicyclic) bond motifs is 4. The molecule has 4 aromatic carbocycles. The fraction of sp³-hybridized carbons (Fsp3) is 0.120. The van der Waals surface area contributed by atoms with Crippen LogP contribution in [0.15, 0.2) is 78.9 Å². The number of aromatic nitrogens is 1. The van der Waals surface area contributed by atoms with E-state index in [1.807, 2.05) is 32.0 Å². The Hall–Kier alpha value is -3.10. The highest BCUT2D eigenvalue weighted by Gasteiger charge is 2.23. The van der Waals surface area contributed by atoms with E-state index in [2.05, 4.69) is 65.6 Å². The average molecular weight is 351 g/mol. The van der Waals surface area contributed by atoms with Crippen LogP contribution in [0.2, 0.25) is 0 Å². The van der Waals surface area contributed by atoms with Crippen molar-refractivity contribution in [2.45, 2.75) is 19.4 Å². The van der Waals surface area contributed by atoms with Crippen LogP contribution in [-0.4, -0.2) is 10.1 Å². The maximum absolute atomic E-state index is 10.8. The van der Waals surface area contributed by atoms with Crippen LogP contribution in [0.1, 0.15) is 19.4 Å². The van der Waals surface area contributed by atoms with E-state index in [4.69, 9.17) is 0 Å². The van der Waals surface area contributed by atoms with E-state index in [0.29, 0.717) is 0 Å². The molecule has 0 fully saturated rings. The highest BCUT2D eigenvalue weighted by Crippen LogP contribution is 2.42. The largest absolute Gasteiger partial charge is 0.386 e. The van der Waals surface area contributed by atoms with E-state index >= 15 is 0 Å². The van der Waals surface area contributed by atoms with Crippen molar-refractivity contribution >= 4 is 32.6 Å². The molecule has 0 aliphatic carbocycles. The molecule has 5 aromatic rings. The number of hydrogen-bond donors (Lipinski definition) is 2. The Morgan fingerprint density at radius 2 is 1.41 bits per heavy atom. The van der Waals surface area contributed by atoms with Crippen molar-refractivity contribution < 1.29 is 5.11 Å². The molecule has 0 saturated heterocycles. The zero-order chi connectivity index (χ0) is 18.6. The van der Waals surface area contributed by atoms with Crippen LogP contribution in [0, 0.1) is 0 Å². The number of rotatable bonds is 2. The zero-order valence-corrected chi connectivity index (χ0v) is 15.5. The molecular weight excluding hydrogens is 330 g/mol. The second-order valence-electron chi connectivity index (χ2n) is 7.67. The molecule has 2 heteroatoms. The molecule has 0 atom stereocenters. The molecular formula is C25H21NO. The molecule has 5 rings (SSSR count). The van der Waals surface area contributed by atoms with Gasteiger partial charge in [0.25, 0.3) is 0 Å². The molecule has 1 heterocycles. The van der Waals surface area contributed by atoms with E-state index in [1.165, 1.54) is 21.5 Å². The van der Waals surface area contributed by atoms with Crippen molar-refractivity contribution in [3.8, 4) is 11.1 Å². The lowest BCUT2D eigenvalue weighted by atomic mass is 9.86. The number of aromatic amines is 1. The predicted octanol–water partition coefficient (Wildman–Crippen LogP) is 6.37. The molecule has 27 heavy (non-hydrogen) atoms. The first-order valence-corrected chi connectivity index (χ1v) is 9.28. The number of H-pyrrole nitrogens is 1. The molecule has 0 radical (unpaired) electrons. The second kappa shape index (κ2) is 5.70. The Kier molecular flexibility index (Phi) is 3.40. The lowest BCUT2D eigenvalue weighted by Gasteiger charge is -2.23. The summed E-state index contributed by atoms with van der Waals surface area (Å²) in [5.74, 6) is 0. The second-order valence-corrected chi connectivity index (χ2v) is 7.67. The summed E-state index contributed by atoms with van der Waals surface area (Å²) in [5, 5.41) is 15.6. The molecule has 0 aliphatic heterocycles. The quantitative estimate of drug-likeness (QED) is 0.381. The van der Waals surface area contributed by atoms with Crippen molar-refractivity contribution in [3.05, 3.63) is 84.4 Å². The molecule has 0 unspecified atom stereocenters. The molecule has 132 valence electrons. The van der Waals surface area contributed by atoms with Gasteiger partial charge in [0.2, 0.25) is 0 Å². The number of nitrogens with one attached hydrogen (secondary N) is 1. The normalized spacial score (nSPS) is 12.3. The molecule has 1 aromatic heterocycles. The van der Waals surface area contributed by atoms with Crippen LogP contribution >= 0.6 is 0 Å². The van der Waals surface area contributed by atoms with Crippen LogP contribution in [0.25, 0.3) is 43.7 Å². The molecule has 0 spiro atoms. The molecule has 2 nitrogen and oxygen atoms in total. The monoisotopic (exact) mass is 351 g/mol. The van der Waals surface area contributed by atoms with Gasteiger partial charge in [-0.3, -0.25) is 0 Å². The van der Waals surface area contributed by atoms with Gasteiger partial charge in [-0.15, -0.1) is 0 Å². The van der Waals surface area contributed by atoms with Crippen molar-refractivity contribution in [1.29, 1.82) is 0 Å². The van der Waals surface area contributed by atoms with Crippen molar-refractivity contribution in [2.24, 2.45) is 0 Å². The summed E-state index contributed by atoms with van der Waals surface area (Å²) in [6.45, 7) is 3.69. The van der Waals surface area contributed by atoms with Gasteiger partial charge in [0.05, 0.1) is 11.1 Å². The van der Waals surface area contributed by atoms with Gasteiger partial charge < -0.3 is 10.1 Å². The summed E-state index contributed by atoms with van der Waals surface area (Å²) in [6, 6.07) is 27.3. The van der Waals surface area contributed by atoms with E-state index in [0.717, 1.165) is 27.7 Å². The minimum atomic E-state index is -0.925. The van der Waals surface area contributed by atoms with E-state index in [1.54, 1.807) is 0 Å². The standard InChI is InChI=1S/C25H21NO/c1-25(2,27)21-13-7-5-12-19(21)23-17-10-4-3-9-16(17)15-20-18-11-6-8-14-22(18)26-24(20)23/h3-15,26-27H,1-2H3. The van der Waals surface area contributed by atoms with Gasteiger partial charge in [0, 0.05) is 21.9 Å². The smallest absolute Gasteiger partial charge is 0.0846 e. The van der Waals surface area contributed by atoms with Gasteiger partial charge in [0.15, 0.2) is 0 Å². The summed E-state index contributed by atoms with van der Waals surface area (Å²) in [4.78, 5) is 3.63. The van der Waals surface area contributed by atoms with E-state index in [9.17, 15) is 5.11 Å². The van der Waals surface area contributed by atoms with Crippen LogP contribution in [0.4, 0.5) is 0 Å². The van der Waals surface area contributed by atoms with Gasteiger partial charge in [-0.1, -0.05) is 66.7 Å². The van der Waals surface area contributed by atoms with E-state index < -0.39 is 5.60 Å². The van der Waals surface area contributed by atoms with Crippen LogP contribution in [0.3, 0.4) is 0 Å². The Bertz CT molecular complexity index is 1300. The van der Waals surface area contributed by atoms with Crippen LogP contribution < -0.4 is 0 Å². The molecule has 0 saturated carbocycles. The summed E-state index contributed by atoms with van der Waals surface area (Å²) in [6.07, 6.45) is 0. The molecule has 0 aliphatic rings. The van der Waals surface area contributed by atoms with Crippen molar-refractivity contribution in [1.82, 2.24) is 4.98 Å². The maximum Gasteiger partial charge on any atom is 0.0846 e. The van der Waals surface area contributed by atoms with Gasteiger partial charge in [-0.05, 0) is 47.9 Å². The Balaban J connectivity index is 2.02. The number of benzene rings is 4. The maximum atomic E-state index is 10.8. The molecule has 0 amide bonds. The van der Waals surface area contributed by atoms with Gasteiger partial charge in [-0.25, -0.2) is 0 Å². The predicted molar refractivity (Wildman–Crippen MR) is 114 cm³/mol. The SMILES string of the molecule is CC(C)(O)c1ccccc1-c1c2ccccc2cc2c1[nH]c1ccccc12. The fourth-order valence-electron chi connectivity index (χ4n) is 4.17. The first-order chi connectivity index (χ1) is 13.0. The third-order valence-electron chi connectivity index (χ3n) is 5.38. The Morgan fingerprint density at radius 1 is 0.741 bits per heavy atom. The number of aliphatic hydroxyl groups is 1. The first-order valence-electron chi connectivity index (χ1n) is 9.28. The Morgan fingerprint density at radius 3 is 2.22 bits per heavy atom. The molecule has 0 bridgehead atoms. The third kappa shape index (κ3) is 2.45. The number of hydrogen-bond acceptors (Lipinski definition) is 1. The summed E-state index contributed by atoms with van der Waals surface area (Å²) in [7, 11) is 0. The van der Waals surface area contributed by atoms with Crippen LogP contribution in [-0.2, 0) is 5.60 Å². The highest BCUT2D eigenvalue weighted by atomic mass is 16.3. The van der Waals surface area contributed by atoms with Crippen molar-refractivity contribution in [3.63, 3.8) is 0 Å². The van der Waals surface area contributed by atoms with Gasteiger partial charge in [-0.2, -0.15) is 0 Å². The lowest BCUT2D eigenvalue weighted by Crippen LogP contribution is -2.16. The summed E-state index contributed by atoms with van der Waals surface area (Å²) in [5.41, 5.74) is 4.47. The zero-order valence-electron chi connectivity index (χ0n) is 15.5. The minimum Gasteiger partial charge on any atom is -0.386 e. The molecule has 2 N–H and O–H groups in total. The summed E-state index contributed by atoms with van der Waals surface area (Å²) >= 11 is 0.